The van der Waals surface area contributed by atoms with Crippen LogP contribution in [0.2, 0.25) is 0 Å². The van der Waals surface area contributed by atoms with Crippen molar-refractivity contribution in [2.75, 3.05) is 7.05 Å². The third-order valence-corrected chi connectivity index (χ3v) is 3.77. The van der Waals surface area contributed by atoms with Crippen molar-refractivity contribution in [3.8, 4) is 11.3 Å². The van der Waals surface area contributed by atoms with E-state index in [1.165, 1.54) is 12.7 Å². The molecule has 0 N–H and O–H groups in total. The molecule has 0 unspecified atom stereocenters. The predicted octanol–water partition coefficient (Wildman–Crippen LogP) is 2.16. The maximum absolute atomic E-state index is 12.4. The average Bonchev–Trinajstić information content (AvgIpc) is 2.46. The highest BCUT2D eigenvalue weighted by Crippen LogP contribution is 2.25. The molecule has 20 heavy (non-hydrogen) atoms. The molecule has 102 valence electrons. The topological polar surface area (TPSA) is 59.0 Å². The Bertz CT molecular complexity index is 610. The molecule has 0 saturated heterocycles. The molecule has 0 spiro atoms. The summed E-state index contributed by atoms with van der Waals surface area (Å²) < 4.78 is 0. The van der Waals surface area contributed by atoms with Crippen LogP contribution in [0.4, 0.5) is 0 Å². The zero-order valence-electron chi connectivity index (χ0n) is 11.4. The summed E-state index contributed by atoms with van der Waals surface area (Å²) in [5.74, 6) is -0.0200. The third-order valence-electron chi connectivity index (χ3n) is 3.77. The first-order valence-electron chi connectivity index (χ1n) is 6.75. The van der Waals surface area contributed by atoms with Gasteiger partial charge in [0.25, 0.3) is 5.91 Å². The van der Waals surface area contributed by atoms with Crippen LogP contribution in [-0.4, -0.2) is 38.8 Å². The predicted molar refractivity (Wildman–Crippen MR) is 75.0 cm³/mol. The summed E-state index contributed by atoms with van der Waals surface area (Å²) in [4.78, 5) is 26.6. The Labute approximate surface area is 117 Å². The second-order valence-electron chi connectivity index (χ2n) is 5.04. The first-order chi connectivity index (χ1) is 9.75. The molecule has 2 heterocycles. The van der Waals surface area contributed by atoms with E-state index in [1.807, 2.05) is 19.2 Å². The Morgan fingerprint density at radius 2 is 2.00 bits per heavy atom. The van der Waals surface area contributed by atoms with Crippen molar-refractivity contribution in [1.29, 1.82) is 0 Å². The van der Waals surface area contributed by atoms with Crippen LogP contribution in [0.5, 0.6) is 0 Å². The van der Waals surface area contributed by atoms with Gasteiger partial charge in [0.2, 0.25) is 0 Å². The summed E-state index contributed by atoms with van der Waals surface area (Å²) in [5, 5.41) is 0. The quantitative estimate of drug-likeness (QED) is 0.856. The van der Waals surface area contributed by atoms with Crippen molar-refractivity contribution in [1.82, 2.24) is 19.9 Å². The largest absolute Gasteiger partial charge is 0.337 e. The van der Waals surface area contributed by atoms with Crippen LogP contribution < -0.4 is 0 Å². The molecule has 1 fully saturated rings. The van der Waals surface area contributed by atoms with E-state index in [0.29, 0.717) is 11.7 Å². The van der Waals surface area contributed by atoms with Gasteiger partial charge in [0.15, 0.2) is 0 Å². The Morgan fingerprint density at radius 1 is 1.25 bits per heavy atom. The van der Waals surface area contributed by atoms with Gasteiger partial charge in [0.1, 0.15) is 12.0 Å². The Kier molecular flexibility index (Phi) is 3.41. The van der Waals surface area contributed by atoms with Crippen molar-refractivity contribution in [3.63, 3.8) is 0 Å². The van der Waals surface area contributed by atoms with Crippen molar-refractivity contribution in [2.45, 2.75) is 25.3 Å². The lowest BCUT2D eigenvalue weighted by atomic mass is 9.91. The fourth-order valence-corrected chi connectivity index (χ4v) is 2.27. The summed E-state index contributed by atoms with van der Waals surface area (Å²) in [7, 11) is 1.85. The molecule has 0 atom stereocenters. The van der Waals surface area contributed by atoms with Gasteiger partial charge < -0.3 is 4.90 Å². The van der Waals surface area contributed by atoms with E-state index < -0.39 is 0 Å². The van der Waals surface area contributed by atoms with Gasteiger partial charge in [-0.25, -0.2) is 15.0 Å². The molecule has 1 aliphatic rings. The van der Waals surface area contributed by atoms with E-state index in [2.05, 4.69) is 15.0 Å². The van der Waals surface area contributed by atoms with Crippen LogP contribution in [0, 0.1) is 0 Å². The van der Waals surface area contributed by atoms with E-state index in [-0.39, 0.29) is 5.91 Å². The van der Waals surface area contributed by atoms with E-state index in [0.717, 1.165) is 24.1 Å². The lowest BCUT2D eigenvalue weighted by molar-refractivity contribution is 0.0646. The van der Waals surface area contributed by atoms with E-state index in [9.17, 15) is 4.79 Å². The standard InChI is InChI=1S/C15H16N4O/c1-19(12-4-2-5-12)15(20)14-7-3-6-13(18-14)11-8-16-10-17-9-11/h3,6-10,12H,2,4-5H2,1H3. The number of hydrogen-bond donors (Lipinski definition) is 0. The van der Waals surface area contributed by atoms with E-state index in [4.69, 9.17) is 0 Å². The maximum atomic E-state index is 12.4. The zero-order chi connectivity index (χ0) is 13.9. The minimum absolute atomic E-state index is 0.0200. The Morgan fingerprint density at radius 3 is 2.65 bits per heavy atom. The van der Waals surface area contributed by atoms with E-state index in [1.54, 1.807) is 23.4 Å². The van der Waals surface area contributed by atoms with Gasteiger partial charge in [-0.15, -0.1) is 0 Å². The molecule has 3 rings (SSSR count). The lowest BCUT2D eigenvalue weighted by Gasteiger charge is -2.34. The highest BCUT2D eigenvalue weighted by atomic mass is 16.2. The summed E-state index contributed by atoms with van der Waals surface area (Å²) in [6, 6.07) is 5.83. The fourth-order valence-electron chi connectivity index (χ4n) is 2.27. The summed E-state index contributed by atoms with van der Waals surface area (Å²) >= 11 is 0. The zero-order valence-corrected chi connectivity index (χ0v) is 11.4. The van der Waals surface area contributed by atoms with Gasteiger partial charge in [-0.05, 0) is 31.4 Å². The van der Waals surface area contributed by atoms with Crippen LogP contribution in [0.15, 0.2) is 36.9 Å². The van der Waals surface area contributed by atoms with E-state index >= 15 is 0 Å². The molecule has 1 amide bonds. The molecule has 0 bridgehead atoms. The monoisotopic (exact) mass is 268 g/mol. The molecule has 2 aromatic heterocycles. The van der Waals surface area contributed by atoms with Crippen LogP contribution in [0.3, 0.4) is 0 Å². The third kappa shape index (κ3) is 2.39. The number of nitrogens with zero attached hydrogens (tertiary/aromatic N) is 4. The number of amides is 1. The smallest absolute Gasteiger partial charge is 0.272 e. The number of pyridine rings is 1. The van der Waals surface area contributed by atoms with Gasteiger partial charge in [-0.1, -0.05) is 6.07 Å². The Hall–Kier alpha value is -2.30. The van der Waals surface area contributed by atoms with Gasteiger partial charge in [0, 0.05) is 31.0 Å². The number of aromatic nitrogens is 3. The molecular formula is C15H16N4O. The highest BCUT2D eigenvalue weighted by Gasteiger charge is 2.26. The van der Waals surface area contributed by atoms with Gasteiger partial charge in [-0.3, -0.25) is 4.79 Å². The van der Waals surface area contributed by atoms with Crippen LogP contribution >= 0.6 is 0 Å². The molecule has 5 nitrogen and oxygen atoms in total. The molecule has 2 aromatic rings. The normalized spacial score (nSPS) is 14.7. The summed E-state index contributed by atoms with van der Waals surface area (Å²) in [5.41, 5.74) is 2.01. The minimum Gasteiger partial charge on any atom is -0.337 e. The van der Waals surface area contributed by atoms with Gasteiger partial charge in [-0.2, -0.15) is 0 Å². The molecule has 0 aromatic carbocycles. The average molecular weight is 268 g/mol. The van der Waals surface area contributed by atoms with Crippen molar-refractivity contribution >= 4 is 5.91 Å². The fraction of sp³-hybridized carbons (Fsp3) is 0.333. The minimum atomic E-state index is -0.0200. The number of carbonyl (C=O) groups excluding carboxylic acids is 1. The maximum Gasteiger partial charge on any atom is 0.272 e. The number of rotatable bonds is 3. The van der Waals surface area contributed by atoms with Crippen molar-refractivity contribution < 1.29 is 4.79 Å². The SMILES string of the molecule is CN(C(=O)c1cccc(-c2cncnc2)n1)C1CCC1. The molecule has 5 heteroatoms. The van der Waals surface area contributed by atoms with Crippen molar-refractivity contribution in [2.24, 2.45) is 0 Å². The second-order valence-corrected chi connectivity index (χ2v) is 5.04. The second kappa shape index (κ2) is 5.36. The Balaban J connectivity index is 1.85. The first kappa shape index (κ1) is 12.7. The first-order valence-corrected chi connectivity index (χ1v) is 6.75. The lowest BCUT2D eigenvalue weighted by Crippen LogP contribution is -2.41. The number of carbonyl (C=O) groups is 1. The van der Waals surface area contributed by atoms with Gasteiger partial charge in [0.05, 0.1) is 5.69 Å². The summed E-state index contributed by atoms with van der Waals surface area (Å²) in [6.07, 6.45) is 8.25. The van der Waals surface area contributed by atoms with Gasteiger partial charge >= 0.3 is 0 Å². The summed E-state index contributed by atoms with van der Waals surface area (Å²) in [6.45, 7) is 0. The molecule has 0 aliphatic heterocycles. The highest BCUT2D eigenvalue weighted by molar-refractivity contribution is 5.93. The van der Waals surface area contributed by atoms with Crippen LogP contribution in [-0.2, 0) is 0 Å². The van der Waals surface area contributed by atoms with Crippen LogP contribution in [0.25, 0.3) is 11.3 Å². The van der Waals surface area contributed by atoms with Crippen LogP contribution in [0.1, 0.15) is 29.8 Å². The molecule has 1 aliphatic carbocycles. The molecule has 0 radical (unpaired) electrons. The van der Waals surface area contributed by atoms with Crippen molar-refractivity contribution in [3.05, 3.63) is 42.6 Å². The molecule has 1 saturated carbocycles. The molecular weight excluding hydrogens is 252 g/mol. The number of hydrogen-bond acceptors (Lipinski definition) is 4.